The summed E-state index contributed by atoms with van der Waals surface area (Å²) in [6, 6.07) is 16.8. The first kappa shape index (κ1) is 31.7. The van der Waals surface area contributed by atoms with E-state index in [-0.39, 0.29) is 42.0 Å². The number of hydrogen-bond acceptors (Lipinski definition) is 6. The average molecular weight is 616 g/mol. The van der Waals surface area contributed by atoms with Gasteiger partial charge >= 0.3 is 6.18 Å². The number of carbonyl (C=O) groups is 3. The molecule has 0 spiro atoms. The summed E-state index contributed by atoms with van der Waals surface area (Å²) in [5, 5.41) is 2.79. The van der Waals surface area contributed by atoms with Crippen LogP contribution >= 0.6 is 0 Å². The highest BCUT2D eigenvalue weighted by Gasteiger charge is 2.41. The maximum absolute atomic E-state index is 13.1. The topological polar surface area (TPSA) is 104 Å². The number of amides is 2. The molecule has 4 rings (SSSR count). The van der Waals surface area contributed by atoms with Crippen LogP contribution in [0.25, 0.3) is 0 Å². The Labute approximate surface area is 248 Å². The zero-order valence-electron chi connectivity index (χ0n) is 23.9. The molecule has 43 heavy (non-hydrogen) atoms. The first-order chi connectivity index (χ1) is 20.2. The van der Waals surface area contributed by atoms with Crippen LogP contribution in [0.5, 0.6) is 0 Å². The van der Waals surface area contributed by atoms with Crippen molar-refractivity contribution < 1.29 is 36.0 Å². The van der Waals surface area contributed by atoms with Gasteiger partial charge in [0.25, 0.3) is 11.8 Å². The third kappa shape index (κ3) is 7.24. The van der Waals surface area contributed by atoms with Crippen molar-refractivity contribution in [1.82, 2.24) is 10.2 Å². The Morgan fingerprint density at radius 1 is 0.930 bits per heavy atom. The van der Waals surface area contributed by atoms with Crippen molar-refractivity contribution in [2.24, 2.45) is 0 Å². The van der Waals surface area contributed by atoms with Gasteiger partial charge in [0.05, 0.1) is 22.3 Å². The van der Waals surface area contributed by atoms with E-state index in [2.05, 4.69) is 5.32 Å². The molecule has 1 saturated heterocycles. The normalized spacial score (nSPS) is 17.0. The summed E-state index contributed by atoms with van der Waals surface area (Å²) in [6.45, 7) is 2.03. The van der Waals surface area contributed by atoms with Gasteiger partial charge in [-0.1, -0.05) is 31.2 Å². The minimum absolute atomic E-state index is 0.00686. The van der Waals surface area contributed by atoms with Gasteiger partial charge in [-0.3, -0.25) is 14.4 Å². The lowest BCUT2D eigenvalue weighted by Gasteiger charge is -2.26. The molecule has 0 radical (unpaired) electrons. The Morgan fingerprint density at radius 3 is 2.07 bits per heavy atom. The van der Waals surface area contributed by atoms with Gasteiger partial charge in [-0.05, 0) is 66.1 Å². The first-order valence-electron chi connectivity index (χ1n) is 13.6. The van der Waals surface area contributed by atoms with E-state index in [1.807, 2.05) is 0 Å². The Bertz CT molecular complexity index is 1590. The highest BCUT2D eigenvalue weighted by atomic mass is 32.2. The number of Topliss-reactive ketones (excluding diaryl/α,β-unsaturated/α-hetero) is 1. The van der Waals surface area contributed by atoms with Gasteiger partial charge in [0.15, 0.2) is 9.84 Å². The van der Waals surface area contributed by atoms with Gasteiger partial charge in [-0.2, -0.15) is 13.2 Å². The van der Waals surface area contributed by atoms with Crippen LogP contribution in [0.1, 0.15) is 46.3 Å². The van der Waals surface area contributed by atoms with Crippen molar-refractivity contribution in [1.29, 1.82) is 0 Å². The molecule has 0 bridgehead atoms. The number of benzene rings is 3. The minimum Gasteiger partial charge on any atom is -0.360 e. The SMILES string of the molecule is CCS(=O)(=O)c1ccc(CNC(=O)c2ccc(N3CC(c4ccc(C(F)(F)F)cc4)C[C@H]3C(=O)C(=O)N(C)C)cc2)cc1. The second-order valence-corrected chi connectivity index (χ2v) is 12.8. The smallest absolute Gasteiger partial charge is 0.360 e. The van der Waals surface area contributed by atoms with E-state index in [0.29, 0.717) is 16.8 Å². The van der Waals surface area contributed by atoms with Gasteiger partial charge in [0.1, 0.15) is 0 Å². The zero-order chi connectivity index (χ0) is 31.5. The number of carbonyl (C=O) groups excluding carboxylic acids is 3. The number of ketones is 1. The molecule has 2 atom stereocenters. The molecule has 0 aromatic heterocycles. The largest absolute Gasteiger partial charge is 0.416 e. The second-order valence-electron chi connectivity index (χ2n) is 10.6. The van der Waals surface area contributed by atoms with Crippen LogP contribution in [0.3, 0.4) is 0 Å². The number of nitrogens with one attached hydrogen (secondary N) is 1. The van der Waals surface area contributed by atoms with Gasteiger partial charge in [0.2, 0.25) is 5.78 Å². The molecule has 12 heteroatoms. The third-order valence-corrected chi connectivity index (χ3v) is 9.26. The molecule has 1 fully saturated rings. The fourth-order valence-electron chi connectivity index (χ4n) is 4.99. The van der Waals surface area contributed by atoms with Gasteiger partial charge in [0, 0.05) is 44.4 Å². The van der Waals surface area contributed by atoms with Crippen molar-refractivity contribution in [3.05, 3.63) is 95.1 Å². The summed E-state index contributed by atoms with van der Waals surface area (Å²) in [7, 11) is -0.372. The molecule has 1 N–H and O–H groups in total. The van der Waals surface area contributed by atoms with Crippen LogP contribution in [0.4, 0.5) is 18.9 Å². The van der Waals surface area contributed by atoms with E-state index >= 15 is 0 Å². The van der Waals surface area contributed by atoms with Crippen LogP contribution in [-0.4, -0.2) is 63.4 Å². The fourth-order valence-corrected chi connectivity index (χ4v) is 5.87. The quantitative estimate of drug-likeness (QED) is 0.357. The Morgan fingerprint density at radius 2 is 1.53 bits per heavy atom. The molecule has 3 aromatic rings. The summed E-state index contributed by atoms with van der Waals surface area (Å²) < 4.78 is 63.2. The molecule has 1 aliphatic rings. The minimum atomic E-state index is -4.46. The molecule has 1 unspecified atom stereocenters. The number of halogens is 3. The summed E-state index contributed by atoms with van der Waals surface area (Å²) in [5.41, 5.74) is 1.51. The van der Waals surface area contributed by atoms with E-state index < -0.39 is 39.3 Å². The molecule has 0 saturated carbocycles. The van der Waals surface area contributed by atoms with Gasteiger partial charge < -0.3 is 15.1 Å². The van der Waals surface area contributed by atoms with E-state index in [4.69, 9.17) is 0 Å². The van der Waals surface area contributed by atoms with E-state index in [0.717, 1.165) is 17.7 Å². The summed E-state index contributed by atoms with van der Waals surface area (Å²) in [5.74, 6) is -1.98. The number of rotatable bonds is 9. The molecular formula is C31H32F3N3O5S. The van der Waals surface area contributed by atoms with Crippen LogP contribution in [-0.2, 0) is 32.1 Å². The Balaban J connectivity index is 1.49. The molecule has 1 aliphatic heterocycles. The van der Waals surface area contributed by atoms with Crippen LogP contribution in [0.2, 0.25) is 0 Å². The van der Waals surface area contributed by atoms with E-state index in [1.54, 1.807) is 48.2 Å². The standard InChI is InChI=1S/C31H32F3N3O5S/c1-4-43(41,42)26-15-5-20(6-16-26)18-35-29(39)22-9-13-25(14-10-22)37-19-23(17-27(37)28(38)30(40)36(2)3)21-7-11-24(12-8-21)31(32,33)34/h5-16,23,27H,4,17-19H2,1-3H3,(H,35,39)/t23?,27-/m0/s1. The molecular weight excluding hydrogens is 583 g/mol. The number of nitrogens with zero attached hydrogens (tertiary/aromatic N) is 2. The van der Waals surface area contributed by atoms with Crippen molar-refractivity contribution >= 4 is 33.1 Å². The number of likely N-dealkylation sites (N-methyl/N-ethyl adjacent to an activating group) is 1. The average Bonchev–Trinajstić information content (AvgIpc) is 3.44. The monoisotopic (exact) mass is 615 g/mol. The number of anilines is 1. The lowest BCUT2D eigenvalue weighted by atomic mass is 9.94. The first-order valence-corrected chi connectivity index (χ1v) is 15.3. The number of hydrogen-bond donors (Lipinski definition) is 1. The van der Waals surface area contributed by atoms with Crippen LogP contribution in [0, 0.1) is 0 Å². The summed E-state index contributed by atoms with van der Waals surface area (Å²) in [6.07, 6.45) is -4.22. The Hall–Kier alpha value is -4.19. The lowest BCUT2D eigenvalue weighted by Crippen LogP contribution is -2.44. The van der Waals surface area contributed by atoms with Gasteiger partial charge in [-0.25, -0.2) is 8.42 Å². The fraction of sp³-hybridized carbons (Fsp3) is 0.323. The molecule has 8 nitrogen and oxygen atoms in total. The van der Waals surface area contributed by atoms with Crippen LogP contribution < -0.4 is 10.2 Å². The van der Waals surface area contributed by atoms with Crippen molar-refractivity contribution in [3.8, 4) is 0 Å². The number of alkyl halides is 3. The van der Waals surface area contributed by atoms with Crippen LogP contribution in [0.15, 0.2) is 77.7 Å². The third-order valence-electron chi connectivity index (χ3n) is 7.51. The molecule has 2 amide bonds. The van der Waals surface area contributed by atoms with Crippen molar-refractivity contribution in [3.63, 3.8) is 0 Å². The highest BCUT2D eigenvalue weighted by molar-refractivity contribution is 7.91. The molecule has 1 heterocycles. The summed E-state index contributed by atoms with van der Waals surface area (Å²) >= 11 is 0. The maximum atomic E-state index is 13.1. The van der Waals surface area contributed by atoms with Gasteiger partial charge in [-0.15, -0.1) is 0 Å². The number of sulfone groups is 1. The predicted molar refractivity (Wildman–Crippen MR) is 155 cm³/mol. The lowest BCUT2D eigenvalue weighted by molar-refractivity contribution is -0.143. The second kappa shape index (κ2) is 12.6. The summed E-state index contributed by atoms with van der Waals surface area (Å²) in [4.78, 5) is 41.6. The van der Waals surface area contributed by atoms with E-state index in [1.165, 1.54) is 43.3 Å². The van der Waals surface area contributed by atoms with Crippen molar-refractivity contribution in [2.45, 2.75) is 42.9 Å². The molecule has 0 aliphatic carbocycles. The molecule has 228 valence electrons. The Kier molecular flexibility index (Phi) is 9.29. The maximum Gasteiger partial charge on any atom is 0.416 e. The predicted octanol–water partition coefficient (Wildman–Crippen LogP) is 4.45. The van der Waals surface area contributed by atoms with Crippen molar-refractivity contribution in [2.75, 3.05) is 31.3 Å². The highest BCUT2D eigenvalue weighted by Crippen LogP contribution is 2.37. The zero-order valence-corrected chi connectivity index (χ0v) is 24.7. The van der Waals surface area contributed by atoms with E-state index in [9.17, 15) is 36.0 Å². The molecule has 3 aromatic carbocycles.